The lowest BCUT2D eigenvalue weighted by Gasteiger charge is -2.35. The number of amides is 2. The van der Waals surface area contributed by atoms with Crippen LogP contribution in [0.2, 0.25) is 0 Å². The van der Waals surface area contributed by atoms with Crippen LogP contribution < -0.4 is 5.32 Å². The first-order valence-corrected chi connectivity index (χ1v) is 6.17. The predicted molar refractivity (Wildman–Crippen MR) is 60.7 cm³/mol. The van der Waals surface area contributed by atoms with Gasteiger partial charge in [0.15, 0.2) is 0 Å². The summed E-state index contributed by atoms with van der Waals surface area (Å²) in [5.41, 5.74) is 0. The van der Waals surface area contributed by atoms with Crippen molar-refractivity contribution in [2.24, 2.45) is 5.92 Å². The summed E-state index contributed by atoms with van der Waals surface area (Å²) in [6.45, 7) is 4.57. The SMILES string of the molecule is CC1NC(=O)CC(C)N(CC2CCC2)C1=O. The van der Waals surface area contributed by atoms with E-state index in [1.54, 1.807) is 6.92 Å². The fourth-order valence-corrected chi connectivity index (χ4v) is 2.43. The number of nitrogens with zero attached hydrogens (tertiary/aromatic N) is 1. The highest BCUT2D eigenvalue weighted by Crippen LogP contribution is 2.28. The van der Waals surface area contributed by atoms with Crippen molar-refractivity contribution in [1.82, 2.24) is 10.2 Å². The molecule has 1 aliphatic heterocycles. The maximum Gasteiger partial charge on any atom is 0.245 e. The zero-order chi connectivity index (χ0) is 11.7. The molecule has 0 radical (unpaired) electrons. The Morgan fingerprint density at radius 1 is 1.31 bits per heavy atom. The largest absolute Gasteiger partial charge is 0.345 e. The Hall–Kier alpha value is -1.06. The van der Waals surface area contributed by atoms with Crippen LogP contribution in [0.5, 0.6) is 0 Å². The maximum absolute atomic E-state index is 12.1. The Balaban J connectivity index is 2.05. The second-order valence-corrected chi connectivity index (χ2v) is 5.13. The molecule has 2 atom stereocenters. The number of hydrogen-bond acceptors (Lipinski definition) is 2. The van der Waals surface area contributed by atoms with Crippen molar-refractivity contribution in [3.05, 3.63) is 0 Å². The lowest BCUT2D eigenvalue weighted by Crippen LogP contribution is -2.47. The molecule has 2 aliphatic rings. The van der Waals surface area contributed by atoms with Gasteiger partial charge in [0.2, 0.25) is 11.8 Å². The third-order valence-corrected chi connectivity index (χ3v) is 3.72. The van der Waals surface area contributed by atoms with Crippen LogP contribution >= 0.6 is 0 Å². The second kappa shape index (κ2) is 4.44. The molecule has 4 nitrogen and oxygen atoms in total. The topological polar surface area (TPSA) is 49.4 Å². The van der Waals surface area contributed by atoms with Gasteiger partial charge < -0.3 is 10.2 Å². The third-order valence-electron chi connectivity index (χ3n) is 3.72. The van der Waals surface area contributed by atoms with Crippen molar-refractivity contribution >= 4 is 11.8 Å². The molecule has 1 N–H and O–H groups in total. The standard InChI is InChI=1S/C12H20N2O2/c1-8-6-11(15)13-9(2)12(16)14(8)7-10-4-3-5-10/h8-10H,3-7H2,1-2H3,(H,13,15). The zero-order valence-corrected chi connectivity index (χ0v) is 10.0. The molecule has 1 heterocycles. The summed E-state index contributed by atoms with van der Waals surface area (Å²) in [7, 11) is 0. The van der Waals surface area contributed by atoms with Crippen LogP contribution in [-0.4, -0.2) is 35.3 Å². The van der Waals surface area contributed by atoms with E-state index in [4.69, 9.17) is 0 Å². The minimum absolute atomic E-state index is 0.00976. The molecule has 2 fully saturated rings. The Bertz CT molecular complexity index is 299. The summed E-state index contributed by atoms with van der Waals surface area (Å²) >= 11 is 0. The predicted octanol–water partition coefficient (Wildman–Crippen LogP) is 0.912. The normalized spacial score (nSPS) is 32.0. The number of rotatable bonds is 2. The molecule has 4 heteroatoms. The fourth-order valence-electron chi connectivity index (χ4n) is 2.43. The quantitative estimate of drug-likeness (QED) is 0.758. The first-order chi connectivity index (χ1) is 7.58. The van der Waals surface area contributed by atoms with E-state index in [-0.39, 0.29) is 23.9 Å². The summed E-state index contributed by atoms with van der Waals surface area (Å²) in [6, 6.07) is -0.324. The lowest BCUT2D eigenvalue weighted by molar-refractivity contribution is -0.135. The van der Waals surface area contributed by atoms with Gasteiger partial charge >= 0.3 is 0 Å². The minimum atomic E-state index is -0.363. The highest BCUT2D eigenvalue weighted by Gasteiger charge is 2.33. The molecule has 0 bridgehead atoms. The summed E-state index contributed by atoms with van der Waals surface area (Å²) in [4.78, 5) is 25.5. The van der Waals surface area contributed by atoms with Gasteiger partial charge in [-0.2, -0.15) is 0 Å². The molecule has 16 heavy (non-hydrogen) atoms. The summed E-state index contributed by atoms with van der Waals surface area (Å²) < 4.78 is 0. The Labute approximate surface area is 96.4 Å². The van der Waals surface area contributed by atoms with E-state index in [0.29, 0.717) is 12.3 Å². The van der Waals surface area contributed by atoms with Crippen LogP contribution in [0.4, 0.5) is 0 Å². The minimum Gasteiger partial charge on any atom is -0.345 e. The molecule has 0 aromatic carbocycles. The van der Waals surface area contributed by atoms with Gasteiger partial charge in [-0.3, -0.25) is 9.59 Å². The van der Waals surface area contributed by atoms with Gasteiger partial charge in [0.1, 0.15) is 6.04 Å². The fraction of sp³-hybridized carbons (Fsp3) is 0.833. The second-order valence-electron chi connectivity index (χ2n) is 5.13. The van der Waals surface area contributed by atoms with Crippen molar-refractivity contribution in [1.29, 1.82) is 0 Å². The lowest BCUT2D eigenvalue weighted by atomic mass is 9.84. The highest BCUT2D eigenvalue weighted by atomic mass is 16.2. The third kappa shape index (κ3) is 2.20. The van der Waals surface area contributed by atoms with Crippen molar-refractivity contribution in [2.75, 3.05) is 6.54 Å². The molecule has 0 aromatic rings. The number of carbonyl (C=O) groups is 2. The van der Waals surface area contributed by atoms with Crippen molar-refractivity contribution < 1.29 is 9.59 Å². The molecular formula is C12H20N2O2. The van der Waals surface area contributed by atoms with E-state index in [1.165, 1.54) is 19.3 Å². The van der Waals surface area contributed by atoms with Crippen LogP contribution in [0.1, 0.15) is 39.5 Å². The average molecular weight is 224 g/mol. The smallest absolute Gasteiger partial charge is 0.245 e. The van der Waals surface area contributed by atoms with Gasteiger partial charge in [-0.1, -0.05) is 6.42 Å². The molecule has 2 rings (SSSR count). The number of nitrogens with one attached hydrogen (secondary N) is 1. The van der Waals surface area contributed by atoms with Crippen LogP contribution in [0.3, 0.4) is 0 Å². The molecule has 0 spiro atoms. The first-order valence-electron chi connectivity index (χ1n) is 6.17. The van der Waals surface area contributed by atoms with Gasteiger partial charge in [0.05, 0.1) is 0 Å². The van der Waals surface area contributed by atoms with Gasteiger partial charge in [-0.25, -0.2) is 0 Å². The van der Waals surface area contributed by atoms with Crippen LogP contribution in [0, 0.1) is 5.92 Å². The van der Waals surface area contributed by atoms with E-state index in [0.717, 1.165) is 6.54 Å². The van der Waals surface area contributed by atoms with Crippen molar-refractivity contribution in [2.45, 2.75) is 51.6 Å². The van der Waals surface area contributed by atoms with Gasteiger partial charge in [0.25, 0.3) is 0 Å². The molecule has 0 aromatic heterocycles. The molecule has 1 saturated carbocycles. The van der Waals surface area contributed by atoms with E-state index in [2.05, 4.69) is 5.32 Å². The average Bonchev–Trinajstić information content (AvgIpc) is 2.21. The number of hydrogen-bond donors (Lipinski definition) is 1. The van der Waals surface area contributed by atoms with Crippen molar-refractivity contribution in [3.8, 4) is 0 Å². The molecular weight excluding hydrogens is 204 g/mol. The van der Waals surface area contributed by atoms with E-state index in [9.17, 15) is 9.59 Å². The first kappa shape index (κ1) is 11.4. The van der Waals surface area contributed by atoms with Gasteiger partial charge in [-0.15, -0.1) is 0 Å². The summed E-state index contributed by atoms with van der Waals surface area (Å²) in [6.07, 6.45) is 4.18. The van der Waals surface area contributed by atoms with Crippen LogP contribution in [0.25, 0.3) is 0 Å². The molecule has 90 valence electrons. The molecule has 1 aliphatic carbocycles. The summed E-state index contributed by atoms with van der Waals surface area (Å²) in [5, 5.41) is 2.73. The maximum atomic E-state index is 12.1. The van der Waals surface area contributed by atoms with Crippen LogP contribution in [0.15, 0.2) is 0 Å². The highest BCUT2D eigenvalue weighted by molar-refractivity contribution is 5.90. The zero-order valence-electron chi connectivity index (χ0n) is 10.0. The van der Waals surface area contributed by atoms with Gasteiger partial charge in [0, 0.05) is 19.0 Å². The molecule has 2 unspecified atom stereocenters. The van der Waals surface area contributed by atoms with E-state index >= 15 is 0 Å². The Kier molecular flexibility index (Phi) is 3.17. The Morgan fingerprint density at radius 2 is 2.00 bits per heavy atom. The van der Waals surface area contributed by atoms with E-state index < -0.39 is 0 Å². The summed E-state index contributed by atoms with van der Waals surface area (Å²) in [5.74, 6) is 0.724. The molecule has 2 amide bonds. The monoisotopic (exact) mass is 224 g/mol. The van der Waals surface area contributed by atoms with Gasteiger partial charge in [-0.05, 0) is 32.6 Å². The number of carbonyl (C=O) groups excluding carboxylic acids is 2. The Morgan fingerprint density at radius 3 is 2.56 bits per heavy atom. The van der Waals surface area contributed by atoms with E-state index in [1.807, 2.05) is 11.8 Å². The molecule has 1 saturated heterocycles. The van der Waals surface area contributed by atoms with Crippen molar-refractivity contribution in [3.63, 3.8) is 0 Å². The van der Waals surface area contributed by atoms with Crippen LogP contribution in [-0.2, 0) is 9.59 Å².